The Kier molecular flexibility index (Phi) is 4.23. The fourth-order valence-corrected chi connectivity index (χ4v) is 3.04. The highest BCUT2D eigenvalue weighted by Gasteiger charge is 2.31. The number of halogens is 1. The Labute approximate surface area is 165 Å². The lowest BCUT2D eigenvalue weighted by atomic mass is 10.2. The van der Waals surface area contributed by atoms with Gasteiger partial charge in [0.2, 0.25) is 5.82 Å². The third-order valence-electron chi connectivity index (χ3n) is 4.62. The number of tetrazole rings is 1. The molecule has 0 spiro atoms. The molecule has 0 saturated heterocycles. The van der Waals surface area contributed by atoms with Crippen LogP contribution in [0.15, 0.2) is 42.7 Å². The summed E-state index contributed by atoms with van der Waals surface area (Å²) < 4.78 is 21.9. The van der Waals surface area contributed by atoms with Crippen molar-refractivity contribution in [3.63, 3.8) is 0 Å². The number of hydrogen-bond acceptors (Lipinski definition) is 7. The summed E-state index contributed by atoms with van der Waals surface area (Å²) in [5.74, 6) is 0.640. The van der Waals surface area contributed by atoms with E-state index < -0.39 is 5.82 Å². The van der Waals surface area contributed by atoms with E-state index in [0.717, 1.165) is 34.6 Å². The Hall–Kier alpha value is -3.69. The first-order chi connectivity index (χ1) is 14.2. The van der Waals surface area contributed by atoms with Crippen molar-refractivity contribution in [1.29, 1.82) is 0 Å². The van der Waals surface area contributed by atoms with Crippen LogP contribution in [-0.2, 0) is 6.61 Å². The van der Waals surface area contributed by atoms with Crippen molar-refractivity contribution in [2.45, 2.75) is 32.4 Å². The molecule has 1 aliphatic rings. The molecule has 0 amide bonds. The Morgan fingerprint density at radius 3 is 2.72 bits per heavy atom. The molecular formula is C19H17FN8O. The quantitative estimate of drug-likeness (QED) is 0.498. The monoisotopic (exact) mass is 392 g/mol. The molecule has 0 atom stereocenters. The van der Waals surface area contributed by atoms with Crippen LogP contribution in [0.5, 0.6) is 6.01 Å². The predicted molar refractivity (Wildman–Crippen MR) is 99.7 cm³/mol. The van der Waals surface area contributed by atoms with Gasteiger partial charge < -0.3 is 4.74 Å². The molecule has 1 aliphatic carbocycles. The molecule has 0 unspecified atom stereocenters. The molecule has 3 heterocycles. The van der Waals surface area contributed by atoms with Crippen molar-refractivity contribution in [1.82, 2.24) is 40.0 Å². The molecule has 146 valence electrons. The van der Waals surface area contributed by atoms with Crippen molar-refractivity contribution in [3.8, 4) is 23.1 Å². The topological polar surface area (TPSA) is 96.4 Å². The van der Waals surface area contributed by atoms with Gasteiger partial charge in [-0.15, -0.1) is 20.1 Å². The average molecular weight is 392 g/mol. The standard InChI is InChI=1S/C19H17FN8O/c1-12-2-5-15(20)16(10-12)28-25-17(22-26-28)11-29-19-24-23-18(27(19)14-3-4-14)13-6-8-21-9-7-13/h2,5-10,14H,3-4,11H2,1H3. The molecule has 0 radical (unpaired) electrons. The molecule has 0 aliphatic heterocycles. The maximum Gasteiger partial charge on any atom is 0.317 e. The number of aryl methyl sites for hydroxylation is 1. The van der Waals surface area contributed by atoms with E-state index in [1.165, 1.54) is 6.07 Å². The van der Waals surface area contributed by atoms with Crippen molar-refractivity contribution in [2.24, 2.45) is 0 Å². The molecule has 1 saturated carbocycles. The van der Waals surface area contributed by atoms with Gasteiger partial charge in [-0.05, 0) is 54.8 Å². The summed E-state index contributed by atoms with van der Waals surface area (Å²) in [6.45, 7) is 1.92. The van der Waals surface area contributed by atoms with E-state index in [0.29, 0.717) is 17.9 Å². The summed E-state index contributed by atoms with van der Waals surface area (Å²) in [6, 6.07) is 9.21. The van der Waals surface area contributed by atoms with Gasteiger partial charge in [0.15, 0.2) is 18.2 Å². The van der Waals surface area contributed by atoms with Crippen LogP contribution >= 0.6 is 0 Å². The van der Waals surface area contributed by atoms with Gasteiger partial charge in [-0.25, -0.2) is 4.39 Å². The van der Waals surface area contributed by atoms with Crippen LogP contribution in [0.4, 0.5) is 4.39 Å². The summed E-state index contributed by atoms with van der Waals surface area (Å²) in [6.07, 6.45) is 5.53. The third kappa shape index (κ3) is 3.44. The Bertz CT molecular complexity index is 1150. The maximum absolute atomic E-state index is 14.0. The number of ether oxygens (including phenoxy) is 1. The molecule has 4 aromatic rings. The highest BCUT2D eigenvalue weighted by Crippen LogP contribution is 2.40. The summed E-state index contributed by atoms with van der Waals surface area (Å²) in [4.78, 5) is 5.20. The SMILES string of the molecule is Cc1ccc(F)c(-n2nnc(COc3nnc(-c4ccncc4)n3C3CC3)n2)c1. The normalized spacial score (nSPS) is 13.6. The van der Waals surface area contributed by atoms with E-state index in [1.807, 2.05) is 23.6 Å². The van der Waals surface area contributed by atoms with Crippen molar-refractivity contribution < 1.29 is 9.13 Å². The van der Waals surface area contributed by atoms with E-state index in [9.17, 15) is 4.39 Å². The number of benzene rings is 1. The van der Waals surface area contributed by atoms with Gasteiger partial charge in [0.1, 0.15) is 5.69 Å². The van der Waals surface area contributed by atoms with Gasteiger partial charge in [-0.2, -0.15) is 0 Å². The van der Waals surface area contributed by atoms with Crippen molar-refractivity contribution >= 4 is 0 Å². The average Bonchev–Trinajstić information content (AvgIpc) is 3.31. The molecule has 10 heteroatoms. The van der Waals surface area contributed by atoms with Crippen LogP contribution in [-0.4, -0.2) is 40.0 Å². The molecule has 29 heavy (non-hydrogen) atoms. The molecule has 3 aromatic heterocycles. The molecule has 0 bridgehead atoms. The lowest BCUT2D eigenvalue weighted by Crippen LogP contribution is -2.06. The first kappa shape index (κ1) is 17.4. The van der Waals surface area contributed by atoms with E-state index >= 15 is 0 Å². The number of hydrogen-bond donors (Lipinski definition) is 0. The highest BCUT2D eigenvalue weighted by molar-refractivity contribution is 5.55. The molecule has 1 aromatic carbocycles. The minimum absolute atomic E-state index is 0.0502. The van der Waals surface area contributed by atoms with Crippen LogP contribution in [0, 0.1) is 12.7 Å². The van der Waals surface area contributed by atoms with Gasteiger partial charge in [-0.3, -0.25) is 9.55 Å². The van der Waals surface area contributed by atoms with Crippen LogP contribution < -0.4 is 4.74 Å². The maximum atomic E-state index is 14.0. The van der Waals surface area contributed by atoms with E-state index in [1.54, 1.807) is 24.5 Å². The largest absolute Gasteiger partial charge is 0.455 e. The molecule has 0 N–H and O–H groups in total. The first-order valence-corrected chi connectivity index (χ1v) is 9.22. The smallest absolute Gasteiger partial charge is 0.317 e. The number of aromatic nitrogens is 8. The van der Waals surface area contributed by atoms with Gasteiger partial charge >= 0.3 is 6.01 Å². The van der Waals surface area contributed by atoms with E-state index in [2.05, 4.69) is 30.6 Å². The first-order valence-electron chi connectivity index (χ1n) is 9.22. The van der Waals surface area contributed by atoms with Gasteiger partial charge in [0.05, 0.1) is 0 Å². The summed E-state index contributed by atoms with van der Waals surface area (Å²) in [7, 11) is 0. The zero-order chi connectivity index (χ0) is 19.8. The van der Waals surface area contributed by atoms with Crippen LogP contribution in [0.25, 0.3) is 17.1 Å². The molecule has 5 rings (SSSR count). The lowest BCUT2D eigenvalue weighted by molar-refractivity contribution is 0.257. The van der Waals surface area contributed by atoms with Crippen LogP contribution in [0.3, 0.4) is 0 Å². The zero-order valence-electron chi connectivity index (χ0n) is 15.6. The summed E-state index contributed by atoms with van der Waals surface area (Å²) in [5, 5.41) is 20.6. The van der Waals surface area contributed by atoms with Crippen LogP contribution in [0.2, 0.25) is 0 Å². The van der Waals surface area contributed by atoms with Crippen LogP contribution in [0.1, 0.15) is 30.3 Å². The van der Waals surface area contributed by atoms with Crippen molar-refractivity contribution in [3.05, 3.63) is 59.9 Å². The minimum atomic E-state index is -0.420. The highest BCUT2D eigenvalue weighted by atomic mass is 19.1. The minimum Gasteiger partial charge on any atom is -0.455 e. The fourth-order valence-electron chi connectivity index (χ4n) is 3.04. The lowest BCUT2D eigenvalue weighted by Gasteiger charge is -2.08. The van der Waals surface area contributed by atoms with E-state index in [-0.39, 0.29) is 12.3 Å². The zero-order valence-corrected chi connectivity index (χ0v) is 15.6. The fraction of sp³-hybridized carbons (Fsp3) is 0.263. The number of rotatable bonds is 6. The number of pyridine rings is 1. The second-order valence-corrected chi connectivity index (χ2v) is 6.88. The second-order valence-electron chi connectivity index (χ2n) is 6.88. The van der Waals surface area contributed by atoms with Gasteiger partial charge in [-0.1, -0.05) is 11.2 Å². The Morgan fingerprint density at radius 1 is 1.10 bits per heavy atom. The second kappa shape index (κ2) is 7.04. The summed E-state index contributed by atoms with van der Waals surface area (Å²) in [5.41, 5.74) is 2.07. The summed E-state index contributed by atoms with van der Waals surface area (Å²) >= 11 is 0. The van der Waals surface area contributed by atoms with Gasteiger partial charge in [0.25, 0.3) is 0 Å². The predicted octanol–water partition coefficient (Wildman–Crippen LogP) is 2.68. The van der Waals surface area contributed by atoms with Crippen molar-refractivity contribution in [2.75, 3.05) is 0 Å². The van der Waals surface area contributed by atoms with Gasteiger partial charge in [0, 0.05) is 24.0 Å². The molecule has 9 nitrogen and oxygen atoms in total. The molecule has 1 fully saturated rings. The molecular weight excluding hydrogens is 375 g/mol. The Balaban J connectivity index is 1.37. The Morgan fingerprint density at radius 2 is 1.93 bits per heavy atom. The number of nitrogens with zero attached hydrogens (tertiary/aromatic N) is 8. The third-order valence-corrected chi connectivity index (χ3v) is 4.62. The van der Waals surface area contributed by atoms with E-state index in [4.69, 9.17) is 4.74 Å².